The standard InChI is InChI=1S/C16H19NO3/c1-11-13(16(18)19-2)8-9-15-17(11)14(10-20-15)12-6-4-3-5-7-12/h3-7,14-15H,8-10H2,1-2H3/t14-,15?/m1/s1. The van der Waals surface area contributed by atoms with Gasteiger partial charge in [0.05, 0.1) is 25.3 Å². The van der Waals surface area contributed by atoms with Crippen LogP contribution in [0.4, 0.5) is 0 Å². The fraction of sp³-hybridized carbons (Fsp3) is 0.438. The molecule has 4 nitrogen and oxygen atoms in total. The molecular weight excluding hydrogens is 254 g/mol. The number of carbonyl (C=O) groups excluding carboxylic acids is 1. The molecule has 0 N–H and O–H groups in total. The zero-order valence-corrected chi connectivity index (χ0v) is 11.8. The van der Waals surface area contributed by atoms with E-state index in [0.717, 1.165) is 24.1 Å². The van der Waals surface area contributed by atoms with Crippen LogP contribution in [0.15, 0.2) is 41.6 Å². The molecule has 106 valence electrons. The van der Waals surface area contributed by atoms with Crippen LogP contribution in [0.5, 0.6) is 0 Å². The molecule has 0 saturated carbocycles. The molecule has 1 saturated heterocycles. The SMILES string of the molecule is COC(=O)C1=C(C)N2C(CC1)OC[C@@H]2c1ccccc1. The Morgan fingerprint density at radius 1 is 1.35 bits per heavy atom. The fourth-order valence-electron chi connectivity index (χ4n) is 3.15. The molecule has 0 aliphatic carbocycles. The van der Waals surface area contributed by atoms with Crippen LogP contribution in [0.1, 0.15) is 31.4 Å². The van der Waals surface area contributed by atoms with E-state index in [0.29, 0.717) is 6.61 Å². The van der Waals surface area contributed by atoms with Crippen molar-refractivity contribution >= 4 is 5.97 Å². The first-order chi connectivity index (χ1) is 9.72. The van der Waals surface area contributed by atoms with Crippen molar-refractivity contribution in [1.29, 1.82) is 0 Å². The number of benzene rings is 1. The van der Waals surface area contributed by atoms with E-state index in [-0.39, 0.29) is 18.2 Å². The van der Waals surface area contributed by atoms with E-state index in [1.807, 2.05) is 25.1 Å². The Labute approximate surface area is 119 Å². The Hall–Kier alpha value is -1.81. The normalized spacial score (nSPS) is 25.6. The number of methoxy groups -OCH3 is 1. The zero-order valence-electron chi connectivity index (χ0n) is 11.8. The lowest BCUT2D eigenvalue weighted by molar-refractivity contribution is -0.136. The van der Waals surface area contributed by atoms with Crippen molar-refractivity contribution in [3.05, 3.63) is 47.2 Å². The molecule has 2 atom stereocenters. The minimum absolute atomic E-state index is 0.0774. The van der Waals surface area contributed by atoms with Crippen LogP contribution in [0, 0.1) is 0 Å². The van der Waals surface area contributed by atoms with Crippen molar-refractivity contribution in [2.45, 2.75) is 32.0 Å². The third kappa shape index (κ3) is 2.10. The average molecular weight is 273 g/mol. The number of rotatable bonds is 2. The Balaban J connectivity index is 1.95. The van der Waals surface area contributed by atoms with Gasteiger partial charge in [-0.3, -0.25) is 0 Å². The van der Waals surface area contributed by atoms with E-state index in [4.69, 9.17) is 9.47 Å². The van der Waals surface area contributed by atoms with Crippen molar-refractivity contribution in [3.63, 3.8) is 0 Å². The summed E-state index contributed by atoms with van der Waals surface area (Å²) in [5, 5.41) is 0. The van der Waals surface area contributed by atoms with E-state index < -0.39 is 0 Å². The highest BCUT2D eigenvalue weighted by atomic mass is 16.5. The third-order valence-electron chi connectivity index (χ3n) is 4.17. The Morgan fingerprint density at radius 3 is 2.80 bits per heavy atom. The summed E-state index contributed by atoms with van der Waals surface area (Å²) in [7, 11) is 1.43. The number of esters is 1. The van der Waals surface area contributed by atoms with Gasteiger partial charge >= 0.3 is 5.97 Å². The largest absolute Gasteiger partial charge is 0.466 e. The average Bonchev–Trinajstić information content (AvgIpc) is 2.92. The maximum atomic E-state index is 11.9. The van der Waals surface area contributed by atoms with Gasteiger partial charge in [-0.15, -0.1) is 0 Å². The van der Waals surface area contributed by atoms with Crippen molar-refractivity contribution < 1.29 is 14.3 Å². The van der Waals surface area contributed by atoms with Crippen LogP contribution in [0.2, 0.25) is 0 Å². The third-order valence-corrected chi connectivity index (χ3v) is 4.17. The topological polar surface area (TPSA) is 38.8 Å². The number of carbonyl (C=O) groups is 1. The quantitative estimate of drug-likeness (QED) is 0.776. The first-order valence-corrected chi connectivity index (χ1v) is 6.95. The lowest BCUT2D eigenvalue weighted by Crippen LogP contribution is -2.36. The second-order valence-electron chi connectivity index (χ2n) is 5.22. The molecule has 0 spiro atoms. The van der Waals surface area contributed by atoms with Crippen molar-refractivity contribution in [1.82, 2.24) is 4.90 Å². The summed E-state index contributed by atoms with van der Waals surface area (Å²) in [6.07, 6.45) is 1.64. The van der Waals surface area contributed by atoms with Gasteiger partial charge in [0.25, 0.3) is 0 Å². The molecule has 0 amide bonds. The van der Waals surface area contributed by atoms with Crippen molar-refractivity contribution in [3.8, 4) is 0 Å². The van der Waals surface area contributed by atoms with Crippen LogP contribution >= 0.6 is 0 Å². The molecule has 3 rings (SSSR count). The molecule has 2 aliphatic rings. The zero-order chi connectivity index (χ0) is 14.1. The van der Waals surface area contributed by atoms with Gasteiger partial charge in [0, 0.05) is 5.70 Å². The highest BCUT2D eigenvalue weighted by molar-refractivity contribution is 5.89. The molecule has 1 fully saturated rings. The van der Waals surface area contributed by atoms with Gasteiger partial charge in [0.1, 0.15) is 6.23 Å². The Bertz CT molecular complexity index is 538. The maximum absolute atomic E-state index is 11.9. The molecule has 20 heavy (non-hydrogen) atoms. The highest BCUT2D eigenvalue weighted by Gasteiger charge is 2.40. The number of hydrogen-bond acceptors (Lipinski definition) is 4. The van der Waals surface area contributed by atoms with Crippen LogP contribution in [-0.4, -0.2) is 30.8 Å². The monoisotopic (exact) mass is 273 g/mol. The predicted octanol–water partition coefficient (Wildman–Crippen LogP) is 2.63. The molecule has 0 bridgehead atoms. The summed E-state index contributed by atoms with van der Waals surface area (Å²) < 4.78 is 10.8. The lowest BCUT2D eigenvalue weighted by Gasteiger charge is -2.36. The first kappa shape index (κ1) is 13.2. The van der Waals surface area contributed by atoms with E-state index in [9.17, 15) is 4.79 Å². The summed E-state index contributed by atoms with van der Waals surface area (Å²) in [6, 6.07) is 10.5. The molecule has 2 heterocycles. The summed E-state index contributed by atoms with van der Waals surface area (Å²) in [4.78, 5) is 14.1. The fourth-order valence-corrected chi connectivity index (χ4v) is 3.15. The molecule has 1 unspecified atom stereocenters. The minimum Gasteiger partial charge on any atom is -0.466 e. The van der Waals surface area contributed by atoms with Crippen LogP contribution in [0.25, 0.3) is 0 Å². The Morgan fingerprint density at radius 2 is 2.10 bits per heavy atom. The molecule has 4 heteroatoms. The van der Waals surface area contributed by atoms with Gasteiger partial charge in [0.2, 0.25) is 0 Å². The lowest BCUT2D eigenvalue weighted by atomic mass is 9.98. The number of allylic oxidation sites excluding steroid dienone is 1. The molecule has 1 aromatic carbocycles. The number of nitrogens with zero attached hydrogens (tertiary/aromatic N) is 1. The van der Waals surface area contributed by atoms with Crippen LogP contribution < -0.4 is 0 Å². The number of fused-ring (bicyclic) bond motifs is 1. The molecule has 0 radical (unpaired) electrons. The maximum Gasteiger partial charge on any atom is 0.335 e. The van der Waals surface area contributed by atoms with E-state index in [2.05, 4.69) is 17.0 Å². The number of ether oxygens (including phenoxy) is 2. The van der Waals surface area contributed by atoms with Crippen molar-refractivity contribution in [2.24, 2.45) is 0 Å². The van der Waals surface area contributed by atoms with Gasteiger partial charge in [-0.05, 0) is 25.3 Å². The highest BCUT2D eigenvalue weighted by Crippen LogP contribution is 2.40. The molecular formula is C16H19NO3. The summed E-state index contributed by atoms with van der Waals surface area (Å²) >= 11 is 0. The number of hydrogen-bond donors (Lipinski definition) is 0. The predicted molar refractivity (Wildman–Crippen MR) is 74.7 cm³/mol. The van der Waals surface area contributed by atoms with Gasteiger partial charge in [-0.25, -0.2) is 4.79 Å². The van der Waals surface area contributed by atoms with Gasteiger partial charge in [-0.1, -0.05) is 30.3 Å². The van der Waals surface area contributed by atoms with Gasteiger partial charge in [-0.2, -0.15) is 0 Å². The summed E-state index contributed by atoms with van der Waals surface area (Å²) in [5.41, 5.74) is 2.98. The minimum atomic E-state index is -0.223. The first-order valence-electron chi connectivity index (χ1n) is 6.95. The van der Waals surface area contributed by atoms with E-state index in [1.165, 1.54) is 12.7 Å². The van der Waals surface area contributed by atoms with Crippen molar-refractivity contribution in [2.75, 3.05) is 13.7 Å². The van der Waals surface area contributed by atoms with E-state index in [1.54, 1.807) is 0 Å². The van der Waals surface area contributed by atoms with Gasteiger partial charge < -0.3 is 14.4 Å². The summed E-state index contributed by atoms with van der Waals surface area (Å²) in [5.74, 6) is -0.223. The molecule has 1 aromatic rings. The van der Waals surface area contributed by atoms with Crippen LogP contribution in [-0.2, 0) is 14.3 Å². The molecule has 2 aliphatic heterocycles. The molecule has 0 aromatic heterocycles. The Kier molecular flexibility index (Phi) is 3.49. The van der Waals surface area contributed by atoms with Gasteiger partial charge in [0.15, 0.2) is 0 Å². The second-order valence-corrected chi connectivity index (χ2v) is 5.22. The summed E-state index contributed by atoms with van der Waals surface area (Å²) in [6.45, 7) is 2.66. The van der Waals surface area contributed by atoms with Crippen LogP contribution in [0.3, 0.4) is 0 Å². The second kappa shape index (κ2) is 5.29. The van der Waals surface area contributed by atoms with E-state index >= 15 is 0 Å². The smallest absolute Gasteiger partial charge is 0.335 e.